The summed E-state index contributed by atoms with van der Waals surface area (Å²) in [7, 11) is 0. The van der Waals surface area contributed by atoms with Crippen LogP contribution in [-0.4, -0.2) is 75.3 Å². The summed E-state index contributed by atoms with van der Waals surface area (Å²) in [5.41, 5.74) is 0. The van der Waals surface area contributed by atoms with Crippen LogP contribution >= 0.6 is 0 Å². The van der Waals surface area contributed by atoms with E-state index in [1.165, 1.54) is 295 Å². The fraction of sp³-hybridized carbons (Fsp3) is 1.00. The average Bonchev–Trinajstić information content (AvgIpc) is 4.23. The molecule has 0 radical (unpaired) electrons. The fourth-order valence-corrected chi connectivity index (χ4v) is 14.3. The maximum atomic E-state index is 9.84. The molecule has 0 bridgehead atoms. The van der Waals surface area contributed by atoms with E-state index in [0.29, 0.717) is 25.0 Å². The number of unbranched alkanes of at least 4 members (excludes halogenated alkanes) is 24. The van der Waals surface area contributed by atoms with Crippen molar-refractivity contribution in [1.82, 2.24) is 0 Å². The number of aliphatic hydroxyl groups is 2. The Morgan fingerprint density at radius 2 is 0.494 bits per heavy atom. The van der Waals surface area contributed by atoms with Crippen molar-refractivity contribution in [2.24, 2.45) is 59.2 Å². The molecule has 0 amide bonds. The van der Waals surface area contributed by atoms with Gasteiger partial charge in [0.05, 0.1) is 26.4 Å². The minimum atomic E-state index is -0.180. The third kappa shape index (κ3) is 59.3. The monoisotopic (exact) mass is 1230 g/mol. The van der Waals surface area contributed by atoms with Crippen molar-refractivity contribution in [3.8, 4) is 0 Å². The summed E-state index contributed by atoms with van der Waals surface area (Å²) in [6.45, 7) is 28.1. The van der Waals surface area contributed by atoms with Crippen LogP contribution in [0.1, 0.15) is 397 Å². The van der Waals surface area contributed by atoms with Gasteiger partial charge in [-0.15, -0.1) is 0 Å². The molecule has 0 aromatic carbocycles. The van der Waals surface area contributed by atoms with Gasteiger partial charge in [-0.25, -0.2) is 0 Å². The Hall–Kier alpha value is -0.240. The van der Waals surface area contributed by atoms with Crippen molar-refractivity contribution in [3.05, 3.63) is 0 Å². The molecule has 6 nitrogen and oxygen atoms in total. The van der Waals surface area contributed by atoms with Gasteiger partial charge in [0, 0.05) is 26.4 Å². The highest BCUT2D eigenvalue weighted by Crippen LogP contribution is 2.37. The Labute approximate surface area is 547 Å². The highest BCUT2D eigenvalue weighted by atomic mass is 16.5. The Kier molecular flexibility index (Phi) is 61.6. The van der Waals surface area contributed by atoms with Gasteiger partial charge < -0.3 is 29.2 Å². The first-order valence-corrected chi connectivity index (χ1v) is 39.9. The van der Waals surface area contributed by atoms with Gasteiger partial charge in [0.25, 0.3) is 0 Å². The molecular formula is C81H162O6. The van der Waals surface area contributed by atoms with Crippen LogP contribution in [0.4, 0.5) is 0 Å². The van der Waals surface area contributed by atoms with E-state index in [1.54, 1.807) is 6.42 Å². The van der Waals surface area contributed by atoms with Crippen LogP contribution in [0.2, 0.25) is 0 Å². The Balaban J connectivity index is 1.81. The fourth-order valence-electron chi connectivity index (χ4n) is 14.3. The largest absolute Gasteiger partial charge is 0.394 e. The lowest BCUT2D eigenvalue weighted by molar-refractivity contribution is -0.0459. The summed E-state index contributed by atoms with van der Waals surface area (Å²) >= 11 is 0. The zero-order valence-corrected chi connectivity index (χ0v) is 61.2. The number of ether oxygens (including phenoxy) is 4. The molecular weight excluding hydrogens is 1070 g/mol. The normalized spacial score (nSPS) is 17.6. The SMILES string of the molecule is CC(C)CCC[C@@H](C)CCC[C@@H](C)CCC[C@@H](C)CCO[C@H](CO)COCCCCCCCCCCCCCCC[C@@H]1CC[C@@H](CCCCCCCCCCCCCCCOC[C@@H](CO)OCC[C@H](C)CCC[C@H](C)CCC[C@H](C)CCCC(C)C)C1. The molecule has 2 N–H and O–H groups in total. The predicted octanol–water partition coefficient (Wildman–Crippen LogP) is 25.0. The molecule has 0 aliphatic heterocycles. The number of hydrogen-bond donors (Lipinski definition) is 2. The predicted molar refractivity (Wildman–Crippen MR) is 382 cm³/mol. The van der Waals surface area contributed by atoms with Crippen LogP contribution in [0.25, 0.3) is 0 Å². The van der Waals surface area contributed by atoms with Gasteiger partial charge in [0.2, 0.25) is 0 Å². The summed E-state index contributed by atoms with van der Waals surface area (Å²) in [5, 5.41) is 19.7. The lowest BCUT2D eigenvalue weighted by Crippen LogP contribution is -2.25. The minimum absolute atomic E-state index is 0.0528. The van der Waals surface area contributed by atoms with Gasteiger partial charge in [-0.1, -0.05) is 365 Å². The Morgan fingerprint density at radius 1 is 0.264 bits per heavy atom. The average molecular weight is 1230 g/mol. The maximum absolute atomic E-state index is 9.84. The van der Waals surface area contributed by atoms with Crippen molar-refractivity contribution < 1.29 is 29.2 Å². The zero-order valence-electron chi connectivity index (χ0n) is 61.2. The van der Waals surface area contributed by atoms with E-state index in [4.69, 9.17) is 18.9 Å². The first-order valence-electron chi connectivity index (χ1n) is 39.9. The topological polar surface area (TPSA) is 77.4 Å². The standard InChI is InChI=1S/C81H162O6/c1-70(2)43-37-45-72(5)47-39-49-74(7)51-41-53-76(9)59-63-86-80(66-82)68-84-61-35-31-27-23-19-15-11-13-17-21-25-29-33-55-78-57-58-79(65-78)56-34-30-26-22-18-14-12-16-20-24-28-32-36-62-85-69-81(67-83)87-64-60-77(10)54-42-52-75(8)50-40-48-73(6)46-38-44-71(3)4/h70-83H,11-69H2,1-10H3/t72-,73-,74-,75-,76-,77-,78-,79-,80-,81-/m1/s1. The highest BCUT2D eigenvalue weighted by Gasteiger charge is 2.24. The van der Waals surface area contributed by atoms with Crippen LogP contribution in [0.3, 0.4) is 0 Å². The van der Waals surface area contributed by atoms with Crippen molar-refractivity contribution in [2.45, 2.75) is 409 Å². The molecule has 0 spiro atoms. The van der Waals surface area contributed by atoms with E-state index >= 15 is 0 Å². The zero-order chi connectivity index (χ0) is 63.5. The van der Waals surface area contributed by atoms with E-state index in [2.05, 4.69) is 69.2 Å². The molecule has 1 fully saturated rings. The van der Waals surface area contributed by atoms with Gasteiger partial charge in [-0.3, -0.25) is 0 Å². The third-order valence-corrected chi connectivity index (χ3v) is 20.9. The van der Waals surface area contributed by atoms with E-state index in [0.717, 1.165) is 99.5 Å². The molecule has 0 unspecified atom stereocenters. The van der Waals surface area contributed by atoms with Gasteiger partial charge in [0.1, 0.15) is 12.2 Å². The number of aliphatic hydroxyl groups excluding tert-OH is 2. The van der Waals surface area contributed by atoms with E-state index in [1.807, 2.05) is 0 Å². The van der Waals surface area contributed by atoms with Crippen LogP contribution in [0, 0.1) is 59.2 Å². The second-order valence-corrected chi connectivity index (χ2v) is 31.4. The minimum Gasteiger partial charge on any atom is -0.394 e. The Bertz CT molecular complexity index is 1240. The van der Waals surface area contributed by atoms with Gasteiger partial charge >= 0.3 is 0 Å². The van der Waals surface area contributed by atoms with Gasteiger partial charge in [0.15, 0.2) is 0 Å². The van der Waals surface area contributed by atoms with Gasteiger partial charge in [-0.05, 0) is 91.3 Å². The third-order valence-electron chi connectivity index (χ3n) is 20.9. The molecule has 0 aromatic rings. The lowest BCUT2D eigenvalue weighted by atomic mass is 9.91. The summed E-state index contributed by atoms with van der Waals surface area (Å²) in [5.74, 6) is 8.61. The van der Waals surface area contributed by atoms with Crippen molar-refractivity contribution >= 4 is 0 Å². The van der Waals surface area contributed by atoms with Crippen LogP contribution in [0.5, 0.6) is 0 Å². The molecule has 10 atom stereocenters. The second-order valence-electron chi connectivity index (χ2n) is 31.4. The first kappa shape index (κ1) is 84.8. The highest BCUT2D eigenvalue weighted by molar-refractivity contribution is 4.76. The molecule has 1 saturated carbocycles. The van der Waals surface area contributed by atoms with Crippen molar-refractivity contribution in [3.63, 3.8) is 0 Å². The maximum Gasteiger partial charge on any atom is 0.104 e. The lowest BCUT2D eigenvalue weighted by Gasteiger charge is -2.18. The molecule has 0 aromatic heterocycles. The quantitative estimate of drug-likeness (QED) is 0.0591. The molecule has 1 rings (SSSR count). The van der Waals surface area contributed by atoms with Crippen LogP contribution in [-0.2, 0) is 18.9 Å². The summed E-state index contributed by atoms with van der Waals surface area (Å²) in [6.07, 6.45) is 70.2. The molecule has 522 valence electrons. The van der Waals surface area contributed by atoms with E-state index in [9.17, 15) is 10.2 Å². The summed E-state index contributed by atoms with van der Waals surface area (Å²) in [4.78, 5) is 0. The van der Waals surface area contributed by atoms with Crippen LogP contribution in [0.15, 0.2) is 0 Å². The van der Waals surface area contributed by atoms with E-state index in [-0.39, 0.29) is 25.4 Å². The number of rotatable bonds is 70. The summed E-state index contributed by atoms with van der Waals surface area (Å²) in [6, 6.07) is 0. The molecule has 1 aliphatic carbocycles. The molecule has 6 heteroatoms. The molecule has 0 heterocycles. The van der Waals surface area contributed by atoms with E-state index < -0.39 is 0 Å². The van der Waals surface area contributed by atoms with Crippen molar-refractivity contribution in [1.29, 1.82) is 0 Å². The molecule has 87 heavy (non-hydrogen) atoms. The second kappa shape index (κ2) is 63.2. The van der Waals surface area contributed by atoms with Crippen molar-refractivity contribution in [2.75, 3.05) is 52.9 Å². The Morgan fingerprint density at radius 3 is 0.747 bits per heavy atom. The van der Waals surface area contributed by atoms with Gasteiger partial charge in [-0.2, -0.15) is 0 Å². The first-order chi connectivity index (χ1) is 42.3. The molecule has 0 saturated heterocycles. The molecule has 1 aliphatic rings. The summed E-state index contributed by atoms with van der Waals surface area (Å²) < 4.78 is 23.9. The number of hydrogen-bond acceptors (Lipinski definition) is 6. The van der Waals surface area contributed by atoms with Crippen LogP contribution < -0.4 is 0 Å². The smallest absolute Gasteiger partial charge is 0.104 e.